The number of methoxy groups -OCH3 is 1. The molecular formula is C18H28N2O3. The van der Waals surface area contributed by atoms with Gasteiger partial charge < -0.3 is 20.1 Å². The van der Waals surface area contributed by atoms with Crippen molar-refractivity contribution >= 4 is 11.7 Å². The first-order valence-corrected chi connectivity index (χ1v) is 8.34. The van der Waals surface area contributed by atoms with Gasteiger partial charge in [0.05, 0.1) is 5.60 Å². The molecule has 2 N–H and O–H groups in total. The maximum absolute atomic E-state index is 12.4. The van der Waals surface area contributed by atoms with Crippen LogP contribution in [0.2, 0.25) is 0 Å². The molecule has 5 heteroatoms. The van der Waals surface area contributed by atoms with Gasteiger partial charge in [-0.2, -0.15) is 0 Å². The molecule has 1 aromatic carbocycles. The number of urea groups is 1. The Morgan fingerprint density at radius 2 is 2.30 bits per heavy atom. The molecule has 0 spiro atoms. The summed E-state index contributed by atoms with van der Waals surface area (Å²) in [6, 6.07) is 7.81. The van der Waals surface area contributed by atoms with E-state index in [1.807, 2.05) is 25.1 Å². The SMILES string of the molecule is CCc1cccc(NC(=O)N2CCC(O)(CCOC)C(C)C2)c1. The number of nitrogens with one attached hydrogen (secondary N) is 1. The Morgan fingerprint density at radius 3 is 2.96 bits per heavy atom. The number of rotatable bonds is 5. The second kappa shape index (κ2) is 7.79. The summed E-state index contributed by atoms with van der Waals surface area (Å²) < 4.78 is 5.08. The maximum Gasteiger partial charge on any atom is 0.321 e. The number of aryl methyl sites for hydroxylation is 1. The van der Waals surface area contributed by atoms with Gasteiger partial charge in [0.15, 0.2) is 0 Å². The van der Waals surface area contributed by atoms with E-state index in [4.69, 9.17) is 4.74 Å². The molecule has 0 saturated carbocycles. The third-order valence-electron chi connectivity index (χ3n) is 4.84. The zero-order valence-electron chi connectivity index (χ0n) is 14.3. The number of anilines is 1. The lowest BCUT2D eigenvalue weighted by Crippen LogP contribution is -2.53. The van der Waals surface area contributed by atoms with E-state index in [-0.39, 0.29) is 11.9 Å². The molecule has 1 aromatic rings. The Kier molecular flexibility index (Phi) is 6.02. The van der Waals surface area contributed by atoms with E-state index in [0.717, 1.165) is 12.1 Å². The number of aliphatic hydroxyl groups is 1. The van der Waals surface area contributed by atoms with Crippen molar-refractivity contribution in [3.8, 4) is 0 Å². The highest BCUT2D eigenvalue weighted by Gasteiger charge is 2.39. The molecule has 0 aliphatic carbocycles. The zero-order chi connectivity index (χ0) is 16.9. The molecule has 2 amide bonds. The summed E-state index contributed by atoms with van der Waals surface area (Å²) in [4.78, 5) is 14.2. The van der Waals surface area contributed by atoms with E-state index in [2.05, 4.69) is 18.3 Å². The average molecular weight is 320 g/mol. The number of hydrogen-bond acceptors (Lipinski definition) is 3. The van der Waals surface area contributed by atoms with Crippen LogP contribution in [0.15, 0.2) is 24.3 Å². The summed E-state index contributed by atoms with van der Waals surface area (Å²) in [6.45, 7) is 5.74. The van der Waals surface area contributed by atoms with Gasteiger partial charge in [0.25, 0.3) is 0 Å². The topological polar surface area (TPSA) is 61.8 Å². The Hall–Kier alpha value is -1.59. The van der Waals surface area contributed by atoms with E-state index < -0.39 is 5.60 Å². The number of carbonyl (C=O) groups is 1. The van der Waals surface area contributed by atoms with Crippen molar-refractivity contribution in [1.29, 1.82) is 0 Å². The van der Waals surface area contributed by atoms with Gasteiger partial charge in [0.2, 0.25) is 0 Å². The largest absolute Gasteiger partial charge is 0.389 e. The lowest BCUT2D eigenvalue weighted by molar-refractivity contribution is -0.0725. The van der Waals surface area contributed by atoms with Crippen molar-refractivity contribution in [3.63, 3.8) is 0 Å². The molecule has 1 heterocycles. The number of benzene rings is 1. The van der Waals surface area contributed by atoms with Crippen LogP contribution in [0.1, 0.15) is 32.3 Å². The molecule has 1 aliphatic heterocycles. The lowest BCUT2D eigenvalue weighted by atomic mass is 9.80. The minimum Gasteiger partial charge on any atom is -0.389 e. The normalized spacial score (nSPS) is 24.5. The monoisotopic (exact) mass is 320 g/mol. The van der Waals surface area contributed by atoms with Crippen molar-refractivity contribution in [2.24, 2.45) is 5.92 Å². The molecule has 23 heavy (non-hydrogen) atoms. The Bertz CT molecular complexity index is 535. The zero-order valence-corrected chi connectivity index (χ0v) is 14.3. The summed E-state index contributed by atoms with van der Waals surface area (Å²) in [5.41, 5.74) is 1.28. The number of piperidine rings is 1. The van der Waals surface area contributed by atoms with Gasteiger partial charge >= 0.3 is 6.03 Å². The number of ether oxygens (including phenoxy) is 1. The highest BCUT2D eigenvalue weighted by atomic mass is 16.5. The van der Waals surface area contributed by atoms with Crippen LogP contribution in [0.25, 0.3) is 0 Å². The first-order chi connectivity index (χ1) is 11.0. The fraction of sp³-hybridized carbons (Fsp3) is 0.611. The van der Waals surface area contributed by atoms with Gasteiger partial charge in [-0.15, -0.1) is 0 Å². The molecule has 1 fully saturated rings. The van der Waals surface area contributed by atoms with Crippen LogP contribution in [0.4, 0.5) is 10.5 Å². The number of likely N-dealkylation sites (tertiary alicyclic amines) is 1. The van der Waals surface area contributed by atoms with E-state index >= 15 is 0 Å². The molecule has 0 radical (unpaired) electrons. The van der Waals surface area contributed by atoms with Crippen LogP contribution in [0.3, 0.4) is 0 Å². The van der Waals surface area contributed by atoms with Gasteiger partial charge in [-0.1, -0.05) is 26.0 Å². The number of hydrogen-bond donors (Lipinski definition) is 2. The number of carbonyl (C=O) groups excluding carboxylic acids is 1. The fourth-order valence-corrected chi connectivity index (χ4v) is 3.07. The maximum atomic E-state index is 12.4. The average Bonchev–Trinajstić information content (AvgIpc) is 2.56. The molecule has 2 rings (SSSR count). The second-order valence-corrected chi connectivity index (χ2v) is 6.43. The van der Waals surface area contributed by atoms with E-state index in [9.17, 15) is 9.90 Å². The van der Waals surface area contributed by atoms with Gasteiger partial charge in [0.1, 0.15) is 0 Å². The summed E-state index contributed by atoms with van der Waals surface area (Å²) >= 11 is 0. The number of amides is 2. The smallest absolute Gasteiger partial charge is 0.321 e. The Labute approximate surface area is 138 Å². The summed E-state index contributed by atoms with van der Waals surface area (Å²) in [6.07, 6.45) is 2.13. The standard InChI is InChI=1S/C18H28N2O3/c1-4-15-6-5-7-16(12-15)19-17(21)20-10-8-18(22,9-11-23-3)14(2)13-20/h5-7,12,14,22H,4,8-11,13H2,1-3H3,(H,19,21). The molecule has 128 valence electrons. The molecule has 2 atom stereocenters. The lowest BCUT2D eigenvalue weighted by Gasteiger charge is -2.43. The molecule has 2 unspecified atom stereocenters. The Morgan fingerprint density at radius 1 is 1.52 bits per heavy atom. The highest BCUT2D eigenvalue weighted by Crippen LogP contribution is 2.31. The highest BCUT2D eigenvalue weighted by molar-refractivity contribution is 5.89. The fourth-order valence-electron chi connectivity index (χ4n) is 3.07. The third-order valence-corrected chi connectivity index (χ3v) is 4.84. The van der Waals surface area contributed by atoms with E-state index in [1.54, 1.807) is 12.0 Å². The quantitative estimate of drug-likeness (QED) is 0.877. The summed E-state index contributed by atoms with van der Waals surface area (Å²) in [5, 5.41) is 13.6. The predicted octanol–water partition coefficient (Wildman–Crippen LogP) is 2.89. The first kappa shape index (κ1) is 17.8. The molecule has 5 nitrogen and oxygen atoms in total. The summed E-state index contributed by atoms with van der Waals surface area (Å²) in [7, 11) is 1.64. The minimum absolute atomic E-state index is 0.0270. The number of nitrogens with zero attached hydrogens (tertiary/aromatic N) is 1. The van der Waals surface area contributed by atoms with Crippen molar-refractivity contribution in [3.05, 3.63) is 29.8 Å². The van der Waals surface area contributed by atoms with Crippen LogP contribution in [0.5, 0.6) is 0 Å². The predicted molar refractivity (Wildman–Crippen MR) is 91.6 cm³/mol. The van der Waals surface area contributed by atoms with Crippen molar-refractivity contribution in [1.82, 2.24) is 4.90 Å². The molecule has 0 aromatic heterocycles. The van der Waals surface area contributed by atoms with E-state index in [1.165, 1.54) is 5.56 Å². The molecule has 1 saturated heterocycles. The summed E-state index contributed by atoms with van der Waals surface area (Å²) in [5.74, 6) is 0.0270. The van der Waals surface area contributed by atoms with Crippen LogP contribution in [-0.4, -0.2) is 48.4 Å². The molecular weight excluding hydrogens is 292 g/mol. The molecule has 0 bridgehead atoms. The minimum atomic E-state index is -0.741. The van der Waals surface area contributed by atoms with Gasteiger partial charge in [0, 0.05) is 38.4 Å². The first-order valence-electron chi connectivity index (χ1n) is 8.34. The van der Waals surface area contributed by atoms with Crippen LogP contribution < -0.4 is 5.32 Å². The van der Waals surface area contributed by atoms with Crippen LogP contribution >= 0.6 is 0 Å². The van der Waals surface area contributed by atoms with Crippen molar-refractivity contribution in [2.45, 2.75) is 38.7 Å². The van der Waals surface area contributed by atoms with Crippen LogP contribution in [-0.2, 0) is 11.2 Å². The van der Waals surface area contributed by atoms with Crippen molar-refractivity contribution in [2.75, 3.05) is 32.1 Å². The van der Waals surface area contributed by atoms with Gasteiger partial charge in [-0.05, 0) is 37.0 Å². The van der Waals surface area contributed by atoms with Crippen LogP contribution in [0, 0.1) is 5.92 Å². The van der Waals surface area contributed by atoms with E-state index in [0.29, 0.717) is 32.5 Å². The van der Waals surface area contributed by atoms with Gasteiger partial charge in [-0.3, -0.25) is 0 Å². The van der Waals surface area contributed by atoms with Gasteiger partial charge in [-0.25, -0.2) is 4.79 Å². The molecule has 1 aliphatic rings. The third kappa shape index (κ3) is 4.45. The Balaban J connectivity index is 1.94. The second-order valence-electron chi connectivity index (χ2n) is 6.43. The van der Waals surface area contributed by atoms with Crippen molar-refractivity contribution < 1.29 is 14.6 Å².